The minimum Gasteiger partial charge on any atom is -0.462 e. The molecule has 0 unspecified atom stereocenters. The average Bonchev–Trinajstić information content (AvgIpc) is 2.72. The molecule has 0 saturated heterocycles. The van der Waals surface area contributed by atoms with Crippen molar-refractivity contribution in [2.75, 3.05) is 17.8 Å². The molecule has 10 heteroatoms. The number of thioether (sulfide) groups is 1. The second-order valence-electron chi connectivity index (χ2n) is 5.78. The molecule has 0 radical (unpaired) electrons. The summed E-state index contributed by atoms with van der Waals surface area (Å²) in [6.07, 6.45) is 0. The maximum Gasteiger partial charge on any atom is 0.340 e. The molecule has 0 bridgehead atoms. The lowest BCUT2D eigenvalue weighted by atomic mass is 10.2. The van der Waals surface area contributed by atoms with Gasteiger partial charge in [-0.05, 0) is 30.7 Å². The van der Waals surface area contributed by atoms with E-state index in [1.54, 1.807) is 37.3 Å². The lowest BCUT2D eigenvalue weighted by molar-refractivity contribution is 0.0527. The van der Waals surface area contributed by atoms with Gasteiger partial charge in [-0.25, -0.2) is 4.79 Å². The fourth-order valence-electron chi connectivity index (χ4n) is 2.43. The van der Waals surface area contributed by atoms with Gasteiger partial charge in [-0.2, -0.15) is 4.68 Å². The molecule has 3 N–H and O–H groups in total. The van der Waals surface area contributed by atoms with E-state index in [1.807, 2.05) is 18.2 Å². The maximum absolute atomic E-state index is 12.6. The topological polar surface area (TPSA) is 112 Å². The van der Waals surface area contributed by atoms with Crippen molar-refractivity contribution in [1.29, 1.82) is 0 Å². The van der Waals surface area contributed by atoms with Crippen molar-refractivity contribution in [2.24, 2.45) is 0 Å². The van der Waals surface area contributed by atoms with Gasteiger partial charge >= 0.3 is 11.5 Å². The third-order valence-corrected chi connectivity index (χ3v) is 5.21. The first-order valence-electron chi connectivity index (χ1n) is 8.65. The van der Waals surface area contributed by atoms with Crippen LogP contribution in [0.3, 0.4) is 0 Å². The fourth-order valence-corrected chi connectivity index (χ4v) is 3.56. The number of anilines is 2. The highest BCUT2D eigenvalue weighted by Gasteiger charge is 2.16. The zero-order chi connectivity index (χ0) is 20.8. The molecule has 8 nitrogen and oxygen atoms in total. The summed E-state index contributed by atoms with van der Waals surface area (Å²) in [5.41, 5.74) is 0.949. The number of carbonyl (C=O) groups excluding carboxylic acids is 1. The molecule has 1 heterocycles. The van der Waals surface area contributed by atoms with Gasteiger partial charge in [-0.1, -0.05) is 53.7 Å². The van der Waals surface area contributed by atoms with E-state index in [1.165, 1.54) is 11.8 Å². The van der Waals surface area contributed by atoms with Crippen LogP contribution in [0.5, 0.6) is 0 Å². The number of halogens is 1. The van der Waals surface area contributed by atoms with Crippen molar-refractivity contribution in [3.05, 3.63) is 75.0 Å². The number of aromatic nitrogens is 3. The van der Waals surface area contributed by atoms with Gasteiger partial charge in [0, 0.05) is 10.8 Å². The Labute approximate surface area is 176 Å². The van der Waals surface area contributed by atoms with Crippen molar-refractivity contribution in [2.45, 2.75) is 17.8 Å². The zero-order valence-electron chi connectivity index (χ0n) is 15.5. The lowest BCUT2D eigenvalue weighted by Gasteiger charge is -2.12. The predicted octanol–water partition coefficient (Wildman–Crippen LogP) is 3.22. The number of hydrogen-bond donors (Lipinski definition) is 2. The Morgan fingerprint density at radius 1 is 1.21 bits per heavy atom. The number of esters is 1. The SMILES string of the molecule is CCOC(=O)c1ccccc1Nc1nnc(SCc2ccccc2Cl)n(N)c1=O. The third-order valence-electron chi connectivity index (χ3n) is 3.85. The van der Waals surface area contributed by atoms with E-state index in [0.29, 0.717) is 16.5 Å². The van der Waals surface area contributed by atoms with E-state index in [9.17, 15) is 9.59 Å². The molecule has 0 fully saturated rings. The van der Waals surface area contributed by atoms with Gasteiger partial charge in [-0.15, -0.1) is 10.2 Å². The van der Waals surface area contributed by atoms with Gasteiger partial charge in [0.05, 0.1) is 17.9 Å². The molecule has 0 aliphatic heterocycles. The number of nitrogens with two attached hydrogens (primary N) is 1. The number of rotatable bonds is 7. The standard InChI is InChI=1S/C19H18ClN5O3S/c1-2-28-18(27)13-8-4-6-10-15(13)22-16-17(26)25(21)19(24-23-16)29-11-12-7-3-5-9-14(12)20/h3-10H,2,11,21H2,1H3,(H,22,23). The number of para-hydroxylation sites is 1. The third kappa shape index (κ3) is 4.87. The normalized spacial score (nSPS) is 10.6. The number of carbonyl (C=O) groups is 1. The molecule has 0 saturated carbocycles. The minimum absolute atomic E-state index is 0.105. The van der Waals surface area contributed by atoms with Crippen LogP contribution in [0.1, 0.15) is 22.8 Å². The molecule has 0 aliphatic carbocycles. The Balaban J connectivity index is 1.81. The quantitative estimate of drug-likeness (QED) is 0.333. The maximum atomic E-state index is 12.6. The van der Waals surface area contributed by atoms with Crippen LogP contribution in [0.2, 0.25) is 5.02 Å². The van der Waals surface area contributed by atoms with Crippen molar-refractivity contribution in [1.82, 2.24) is 14.9 Å². The average molecular weight is 432 g/mol. The second kappa shape index (κ2) is 9.44. The fraction of sp³-hybridized carbons (Fsp3) is 0.158. The summed E-state index contributed by atoms with van der Waals surface area (Å²) >= 11 is 7.38. The Bertz CT molecular complexity index is 1090. The molecule has 0 amide bonds. The predicted molar refractivity (Wildman–Crippen MR) is 113 cm³/mol. The van der Waals surface area contributed by atoms with Crippen LogP contribution >= 0.6 is 23.4 Å². The highest BCUT2D eigenvalue weighted by atomic mass is 35.5. The van der Waals surface area contributed by atoms with Crippen molar-refractivity contribution in [3.63, 3.8) is 0 Å². The summed E-state index contributed by atoms with van der Waals surface area (Å²) in [4.78, 5) is 24.7. The van der Waals surface area contributed by atoms with E-state index in [4.69, 9.17) is 22.2 Å². The van der Waals surface area contributed by atoms with E-state index in [2.05, 4.69) is 15.5 Å². The first kappa shape index (κ1) is 20.7. The number of nitrogen functional groups attached to an aromatic ring is 1. The molecule has 2 aromatic carbocycles. The molecule has 29 heavy (non-hydrogen) atoms. The van der Waals surface area contributed by atoms with Gasteiger partial charge in [0.25, 0.3) is 0 Å². The van der Waals surface area contributed by atoms with E-state index < -0.39 is 11.5 Å². The number of nitrogens with one attached hydrogen (secondary N) is 1. The summed E-state index contributed by atoms with van der Waals surface area (Å²) in [5, 5.41) is 11.6. The number of hydrogen-bond acceptors (Lipinski definition) is 8. The number of ether oxygens (including phenoxy) is 1. The van der Waals surface area contributed by atoms with Crippen LogP contribution in [0.4, 0.5) is 11.5 Å². The van der Waals surface area contributed by atoms with Gasteiger partial charge in [0.1, 0.15) is 0 Å². The summed E-state index contributed by atoms with van der Waals surface area (Å²) in [6.45, 7) is 1.95. The summed E-state index contributed by atoms with van der Waals surface area (Å²) in [6, 6.07) is 14.0. The molecule has 1 aromatic heterocycles. The van der Waals surface area contributed by atoms with Crippen LogP contribution in [0, 0.1) is 0 Å². The molecule has 3 rings (SSSR count). The summed E-state index contributed by atoms with van der Waals surface area (Å²) in [7, 11) is 0. The van der Waals surface area contributed by atoms with E-state index in [-0.39, 0.29) is 23.1 Å². The lowest BCUT2D eigenvalue weighted by Crippen LogP contribution is -2.32. The molecular weight excluding hydrogens is 414 g/mol. The second-order valence-corrected chi connectivity index (χ2v) is 7.13. The smallest absolute Gasteiger partial charge is 0.340 e. The van der Waals surface area contributed by atoms with E-state index in [0.717, 1.165) is 10.2 Å². The Hall–Kier alpha value is -3.04. The Morgan fingerprint density at radius 2 is 1.93 bits per heavy atom. The van der Waals surface area contributed by atoms with Crippen molar-refractivity contribution in [3.8, 4) is 0 Å². The Kier molecular flexibility index (Phi) is 6.73. The monoisotopic (exact) mass is 431 g/mol. The van der Waals surface area contributed by atoms with Gasteiger partial charge < -0.3 is 15.9 Å². The Morgan fingerprint density at radius 3 is 2.69 bits per heavy atom. The first-order chi connectivity index (χ1) is 14.0. The van der Waals surface area contributed by atoms with Gasteiger partial charge in [0.2, 0.25) is 11.0 Å². The van der Waals surface area contributed by atoms with Crippen LogP contribution in [-0.4, -0.2) is 27.4 Å². The largest absolute Gasteiger partial charge is 0.462 e. The molecule has 0 spiro atoms. The van der Waals surface area contributed by atoms with Gasteiger partial charge in [0.15, 0.2) is 0 Å². The van der Waals surface area contributed by atoms with Crippen LogP contribution in [0.15, 0.2) is 58.5 Å². The summed E-state index contributed by atoms with van der Waals surface area (Å²) in [5.74, 6) is 5.76. The highest BCUT2D eigenvalue weighted by Crippen LogP contribution is 2.24. The molecule has 3 aromatic rings. The molecule has 0 aliphatic rings. The van der Waals surface area contributed by atoms with Crippen LogP contribution in [-0.2, 0) is 10.5 Å². The number of benzene rings is 2. The summed E-state index contributed by atoms with van der Waals surface area (Å²) < 4.78 is 5.93. The van der Waals surface area contributed by atoms with E-state index >= 15 is 0 Å². The van der Waals surface area contributed by atoms with Crippen LogP contribution < -0.4 is 16.7 Å². The highest BCUT2D eigenvalue weighted by molar-refractivity contribution is 7.98. The van der Waals surface area contributed by atoms with Crippen molar-refractivity contribution < 1.29 is 9.53 Å². The molecule has 0 atom stereocenters. The van der Waals surface area contributed by atoms with Crippen molar-refractivity contribution >= 4 is 40.8 Å². The first-order valence-corrected chi connectivity index (χ1v) is 10.0. The molecular formula is C19H18ClN5O3S. The minimum atomic E-state index is -0.583. The molecule has 150 valence electrons. The number of nitrogens with zero attached hydrogens (tertiary/aromatic N) is 3. The zero-order valence-corrected chi connectivity index (χ0v) is 17.0. The van der Waals surface area contributed by atoms with Gasteiger partial charge in [-0.3, -0.25) is 4.79 Å². The van der Waals surface area contributed by atoms with Crippen LogP contribution in [0.25, 0.3) is 0 Å².